The predicted molar refractivity (Wildman–Crippen MR) is 66.1 cm³/mol. The third kappa shape index (κ3) is 1.31. The lowest BCUT2D eigenvalue weighted by atomic mass is 9.79. The van der Waals surface area contributed by atoms with Crippen LogP contribution < -0.4 is 0 Å². The first-order chi connectivity index (χ1) is 9.43. The molecule has 4 fully saturated rings. The van der Waals surface area contributed by atoms with Gasteiger partial charge in [-0.15, -0.1) is 0 Å². The second-order valence-electron chi connectivity index (χ2n) is 6.82. The summed E-state index contributed by atoms with van der Waals surface area (Å²) >= 11 is 0. The lowest BCUT2D eigenvalue weighted by Crippen LogP contribution is -2.46. The summed E-state index contributed by atoms with van der Waals surface area (Å²) < 4.78 is 11.0. The van der Waals surface area contributed by atoms with E-state index in [1.54, 1.807) is 0 Å². The van der Waals surface area contributed by atoms with Crippen LogP contribution in [0, 0.1) is 35.5 Å². The number of Topliss-reactive ketones (excluding diaryl/α,β-unsaturated/α-hetero) is 1. The smallest absolute Gasteiger partial charge is 0.305 e. The molecule has 0 saturated heterocycles. The van der Waals surface area contributed by atoms with Crippen LogP contribution in [0.2, 0.25) is 0 Å². The number of hydrogen-bond acceptors (Lipinski definition) is 5. The number of hydrogen-bond donors (Lipinski definition) is 0. The molecule has 0 aromatic rings. The standard InChI is InChI=1S/C15H18O5/c1-6(16)19-15(20-7(2)17)5-11-8-4-12(18)13-9(8)3-10(11)14(13)15/h8-11,13-14H,3-5H2,1-2H3/t8-,9-,10+,11-,13+,14+/m0/s1. The number of esters is 2. The molecule has 5 nitrogen and oxygen atoms in total. The van der Waals surface area contributed by atoms with E-state index >= 15 is 0 Å². The molecule has 20 heavy (non-hydrogen) atoms. The Labute approximate surface area is 117 Å². The molecule has 4 rings (SSSR count). The van der Waals surface area contributed by atoms with Gasteiger partial charge in [0.25, 0.3) is 5.79 Å². The molecule has 2 bridgehead atoms. The Morgan fingerprint density at radius 3 is 2.30 bits per heavy atom. The zero-order chi connectivity index (χ0) is 14.2. The second kappa shape index (κ2) is 3.62. The quantitative estimate of drug-likeness (QED) is 0.562. The molecule has 0 aromatic heterocycles. The Morgan fingerprint density at radius 1 is 1.05 bits per heavy atom. The molecule has 0 unspecified atom stereocenters. The maximum Gasteiger partial charge on any atom is 0.305 e. The van der Waals surface area contributed by atoms with Crippen molar-refractivity contribution in [3.63, 3.8) is 0 Å². The van der Waals surface area contributed by atoms with Crippen molar-refractivity contribution in [2.24, 2.45) is 35.5 Å². The van der Waals surface area contributed by atoms with Gasteiger partial charge in [-0.25, -0.2) is 0 Å². The molecular weight excluding hydrogens is 260 g/mol. The summed E-state index contributed by atoms with van der Waals surface area (Å²) in [4.78, 5) is 35.2. The van der Waals surface area contributed by atoms with Crippen molar-refractivity contribution < 1.29 is 23.9 Å². The van der Waals surface area contributed by atoms with Crippen molar-refractivity contribution in [2.75, 3.05) is 0 Å². The average Bonchev–Trinajstić information content (AvgIpc) is 2.92. The van der Waals surface area contributed by atoms with Crippen molar-refractivity contribution in [2.45, 2.75) is 38.9 Å². The molecule has 6 atom stereocenters. The van der Waals surface area contributed by atoms with E-state index in [0.717, 1.165) is 6.42 Å². The van der Waals surface area contributed by atoms with Gasteiger partial charge in [0.1, 0.15) is 5.78 Å². The Hall–Kier alpha value is -1.39. The third-order valence-corrected chi connectivity index (χ3v) is 5.97. The van der Waals surface area contributed by atoms with Gasteiger partial charge in [-0.2, -0.15) is 0 Å². The Bertz CT molecular complexity index is 508. The molecule has 108 valence electrons. The number of fused-ring (bicyclic) bond motifs is 2. The highest BCUT2D eigenvalue weighted by molar-refractivity contribution is 5.86. The maximum absolute atomic E-state index is 12.3. The Balaban J connectivity index is 1.77. The van der Waals surface area contributed by atoms with Crippen LogP contribution in [-0.2, 0) is 23.9 Å². The molecule has 4 aliphatic carbocycles. The van der Waals surface area contributed by atoms with Crippen molar-refractivity contribution in [1.82, 2.24) is 0 Å². The first-order valence-electron chi connectivity index (χ1n) is 7.35. The largest absolute Gasteiger partial charge is 0.422 e. The summed E-state index contributed by atoms with van der Waals surface area (Å²) in [6.45, 7) is 2.66. The Kier molecular flexibility index (Phi) is 2.24. The van der Waals surface area contributed by atoms with Crippen LogP contribution in [0.5, 0.6) is 0 Å². The number of ether oxygens (including phenoxy) is 2. The van der Waals surface area contributed by atoms with E-state index in [1.807, 2.05) is 0 Å². The number of rotatable bonds is 2. The SMILES string of the molecule is CC(=O)OC1(OC(C)=O)C[C@H]2[C@H]3CC(=O)[C@H]4[C@H]3C[C@H]2[C@H]41. The summed E-state index contributed by atoms with van der Waals surface area (Å²) in [7, 11) is 0. The number of carbonyl (C=O) groups is 3. The molecule has 0 radical (unpaired) electrons. The zero-order valence-corrected chi connectivity index (χ0v) is 11.6. The van der Waals surface area contributed by atoms with Crippen LogP contribution in [-0.4, -0.2) is 23.5 Å². The van der Waals surface area contributed by atoms with Gasteiger partial charge in [0.15, 0.2) is 0 Å². The first kappa shape index (κ1) is 12.4. The molecule has 0 spiro atoms. The first-order valence-corrected chi connectivity index (χ1v) is 7.35. The zero-order valence-electron chi connectivity index (χ0n) is 11.6. The minimum atomic E-state index is -1.18. The maximum atomic E-state index is 12.3. The fraction of sp³-hybridized carbons (Fsp3) is 0.800. The monoisotopic (exact) mass is 278 g/mol. The van der Waals surface area contributed by atoms with Gasteiger partial charge in [0.2, 0.25) is 0 Å². The van der Waals surface area contributed by atoms with Crippen molar-refractivity contribution in [3.8, 4) is 0 Å². The van der Waals surface area contributed by atoms with Gasteiger partial charge >= 0.3 is 11.9 Å². The van der Waals surface area contributed by atoms with Crippen molar-refractivity contribution >= 4 is 17.7 Å². The van der Waals surface area contributed by atoms with Crippen LogP contribution in [0.25, 0.3) is 0 Å². The summed E-state index contributed by atoms with van der Waals surface area (Å²) in [6, 6.07) is 0. The number of ketones is 1. The number of carbonyl (C=O) groups excluding carboxylic acids is 3. The van der Waals surface area contributed by atoms with E-state index in [-0.39, 0.29) is 17.6 Å². The topological polar surface area (TPSA) is 69.7 Å². The van der Waals surface area contributed by atoms with Crippen molar-refractivity contribution in [1.29, 1.82) is 0 Å². The van der Waals surface area contributed by atoms with E-state index in [0.29, 0.717) is 36.5 Å². The second-order valence-corrected chi connectivity index (χ2v) is 6.82. The van der Waals surface area contributed by atoms with Gasteiger partial charge in [0.05, 0.1) is 0 Å². The molecule has 4 aliphatic rings. The fourth-order valence-corrected chi connectivity index (χ4v) is 5.86. The van der Waals surface area contributed by atoms with Gasteiger partial charge < -0.3 is 9.47 Å². The minimum Gasteiger partial charge on any atom is -0.422 e. The van der Waals surface area contributed by atoms with Gasteiger partial charge in [-0.1, -0.05) is 0 Å². The lowest BCUT2D eigenvalue weighted by molar-refractivity contribution is -0.244. The van der Waals surface area contributed by atoms with Gasteiger partial charge in [-0.05, 0) is 30.1 Å². The van der Waals surface area contributed by atoms with E-state index < -0.39 is 17.7 Å². The summed E-state index contributed by atoms with van der Waals surface area (Å²) in [5.74, 6) is -0.392. The van der Waals surface area contributed by atoms with Crippen molar-refractivity contribution in [3.05, 3.63) is 0 Å². The van der Waals surface area contributed by atoms with Crippen LogP contribution in [0.15, 0.2) is 0 Å². The summed E-state index contributed by atoms with van der Waals surface area (Å²) in [5, 5.41) is 0. The third-order valence-electron chi connectivity index (χ3n) is 5.97. The van der Waals surface area contributed by atoms with Gasteiger partial charge in [0, 0.05) is 38.5 Å². The van der Waals surface area contributed by atoms with Crippen LogP contribution >= 0.6 is 0 Å². The highest BCUT2D eigenvalue weighted by Crippen LogP contribution is 2.72. The van der Waals surface area contributed by atoms with Crippen LogP contribution in [0.4, 0.5) is 0 Å². The van der Waals surface area contributed by atoms with E-state index in [2.05, 4.69) is 0 Å². The lowest BCUT2D eigenvalue weighted by Gasteiger charge is -2.35. The molecule has 0 aliphatic heterocycles. The molecule has 0 aromatic carbocycles. The molecular formula is C15H18O5. The average molecular weight is 278 g/mol. The molecule has 0 heterocycles. The highest BCUT2D eigenvalue weighted by Gasteiger charge is 2.76. The fourth-order valence-electron chi connectivity index (χ4n) is 5.86. The summed E-state index contributed by atoms with van der Waals surface area (Å²) in [6.07, 6.45) is 2.27. The molecule has 0 N–H and O–H groups in total. The van der Waals surface area contributed by atoms with E-state index in [1.165, 1.54) is 13.8 Å². The Morgan fingerprint density at radius 2 is 1.70 bits per heavy atom. The van der Waals surface area contributed by atoms with Crippen LogP contribution in [0.3, 0.4) is 0 Å². The molecule has 5 heteroatoms. The summed E-state index contributed by atoms with van der Waals surface area (Å²) in [5.41, 5.74) is 0. The highest BCUT2D eigenvalue weighted by atomic mass is 16.7. The van der Waals surface area contributed by atoms with Gasteiger partial charge in [-0.3, -0.25) is 14.4 Å². The normalized spacial score (nSPS) is 45.8. The van der Waals surface area contributed by atoms with E-state index in [9.17, 15) is 14.4 Å². The molecule has 0 amide bonds. The molecule has 4 saturated carbocycles. The van der Waals surface area contributed by atoms with Crippen LogP contribution in [0.1, 0.15) is 33.1 Å². The minimum absolute atomic E-state index is 0.0672. The van der Waals surface area contributed by atoms with E-state index in [4.69, 9.17) is 9.47 Å². The predicted octanol–water partition coefficient (Wildman–Crippen LogP) is 1.30.